The van der Waals surface area contributed by atoms with E-state index in [9.17, 15) is 4.79 Å². The van der Waals surface area contributed by atoms with Crippen molar-refractivity contribution in [3.63, 3.8) is 0 Å². The fourth-order valence-corrected chi connectivity index (χ4v) is 1.44. The van der Waals surface area contributed by atoms with Crippen molar-refractivity contribution in [2.24, 2.45) is 0 Å². The zero-order valence-electron chi connectivity index (χ0n) is 8.10. The number of aliphatic hydroxyl groups excluding tert-OH is 1. The van der Waals surface area contributed by atoms with Crippen LogP contribution in [0.5, 0.6) is 0 Å². The quantitative estimate of drug-likeness (QED) is 0.774. The first-order chi connectivity index (χ1) is 7.29. The predicted octanol–water partition coefficient (Wildman–Crippen LogP) is 1.53. The Hall–Kier alpha value is -1.87. The molecule has 0 aliphatic carbocycles. The molecule has 0 aliphatic rings. The first-order valence-corrected chi connectivity index (χ1v) is 4.68. The lowest BCUT2D eigenvalue weighted by Gasteiger charge is -2.02. The van der Waals surface area contributed by atoms with E-state index in [1.54, 1.807) is 12.3 Å². The average molecular weight is 201 g/mol. The van der Waals surface area contributed by atoms with Crippen LogP contribution in [0.4, 0.5) is 0 Å². The van der Waals surface area contributed by atoms with Gasteiger partial charge >= 0.3 is 0 Å². The fraction of sp³-hybridized carbons (Fsp3) is 0.0833. The van der Waals surface area contributed by atoms with Crippen LogP contribution in [-0.2, 0) is 6.61 Å². The van der Waals surface area contributed by atoms with Gasteiger partial charge in [0.2, 0.25) is 5.56 Å². The van der Waals surface area contributed by atoms with E-state index in [2.05, 4.69) is 4.98 Å². The van der Waals surface area contributed by atoms with Crippen molar-refractivity contribution in [1.82, 2.24) is 4.98 Å². The molecule has 0 saturated heterocycles. The van der Waals surface area contributed by atoms with Gasteiger partial charge in [-0.25, -0.2) is 0 Å². The lowest BCUT2D eigenvalue weighted by atomic mass is 10.1. The fourth-order valence-electron chi connectivity index (χ4n) is 1.44. The molecule has 1 heterocycles. The standard InChI is InChI=1S/C12H11NO2/c14-8-9-2-1-3-10(6-9)11-4-5-12(15)13-7-11/h1-7,14H,8H2,(H,13,15). The number of H-pyrrole nitrogens is 1. The van der Waals surface area contributed by atoms with E-state index in [0.29, 0.717) is 0 Å². The second-order valence-electron chi connectivity index (χ2n) is 3.30. The maximum Gasteiger partial charge on any atom is 0.247 e. The van der Waals surface area contributed by atoms with Crippen LogP contribution in [0.2, 0.25) is 0 Å². The Morgan fingerprint density at radius 2 is 2.00 bits per heavy atom. The molecule has 1 aromatic heterocycles. The third-order valence-corrected chi connectivity index (χ3v) is 2.23. The molecule has 15 heavy (non-hydrogen) atoms. The molecular formula is C12H11NO2. The summed E-state index contributed by atoms with van der Waals surface area (Å²) in [5.74, 6) is 0. The highest BCUT2D eigenvalue weighted by Gasteiger charge is 1.98. The summed E-state index contributed by atoms with van der Waals surface area (Å²) in [7, 11) is 0. The molecule has 0 radical (unpaired) electrons. The molecular weight excluding hydrogens is 190 g/mol. The van der Waals surface area contributed by atoms with Crippen LogP contribution in [0.25, 0.3) is 11.1 Å². The summed E-state index contributed by atoms with van der Waals surface area (Å²) in [5, 5.41) is 9.00. The van der Waals surface area contributed by atoms with Gasteiger partial charge in [-0.05, 0) is 28.8 Å². The zero-order chi connectivity index (χ0) is 10.7. The molecule has 0 amide bonds. The Morgan fingerprint density at radius 3 is 2.67 bits per heavy atom. The highest BCUT2D eigenvalue weighted by atomic mass is 16.3. The first kappa shape index (κ1) is 9.68. The molecule has 0 bridgehead atoms. The van der Waals surface area contributed by atoms with Gasteiger partial charge in [0.1, 0.15) is 0 Å². The van der Waals surface area contributed by atoms with E-state index < -0.39 is 0 Å². The molecule has 0 spiro atoms. The van der Waals surface area contributed by atoms with Gasteiger partial charge in [0.25, 0.3) is 0 Å². The molecule has 0 aliphatic heterocycles. The lowest BCUT2D eigenvalue weighted by Crippen LogP contribution is -2.01. The van der Waals surface area contributed by atoms with Crippen LogP contribution in [0, 0.1) is 0 Å². The van der Waals surface area contributed by atoms with Gasteiger partial charge in [0, 0.05) is 12.3 Å². The molecule has 3 heteroatoms. The van der Waals surface area contributed by atoms with Crippen molar-refractivity contribution in [1.29, 1.82) is 0 Å². The number of hydrogen-bond donors (Lipinski definition) is 2. The molecule has 2 aromatic rings. The van der Waals surface area contributed by atoms with Gasteiger partial charge in [-0.2, -0.15) is 0 Å². The topological polar surface area (TPSA) is 53.1 Å². The summed E-state index contributed by atoms with van der Waals surface area (Å²) in [6, 6.07) is 10.8. The van der Waals surface area contributed by atoms with Gasteiger partial charge in [-0.1, -0.05) is 18.2 Å². The van der Waals surface area contributed by atoms with Crippen LogP contribution < -0.4 is 5.56 Å². The summed E-state index contributed by atoms with van der Waals surface area (Å²) in [6.07, 6.45) is 1.67. The smallest absolute Gasteiger partial charge is 0.247 e. The van der Waals surface area contributed by atoms with Crippen LogP contribution in [0.1, 0.15) is 5.56 Å². The van der Waals surface area contributed by atoms with E-state index in [-0.39, 0.29) is 12.2 Å². The van der Waals surface area contributed by atoms with E-state index in [4.69, 9.17) is 5.11 Å². The normalized spacial score (nSPS) is 10.2. The highest BCUT2D eigenvalue weighted by Crippen LogP contribution is 2.18. The zero-order valence-corrected chi connectivity index (χ0v) is 8.10. The Labute approximate surface area is 87.0 Å². The van der Waals surface area contributed by atoms with Gasteiger partial charge in [-0.15, -0.1) is 0 Å². The molecule has 3 nitrogen and oxygen atoms in total. The van der Waals surface area contributed by atoms with Crippen LogP contribution in [0.15, 0.2) is 47.4 Å². The van der Waals surface area contributed by atoms with Crippen LogP contribution in [-0.4, -0.2) is 10.1 Å². The van der Waals surface area contributed by atoms with Crippen molar-refractivity contribution in [3.8, 4) is 11.1 Å². The highest BCUT2D eigenvalue weighted by molar-refractivity contribution is 5.62. The molecule has 2 N–H and O–H groups in total. The van der Waals surface area contributed by atoms with Crippen LogP contribution >= 0.6 is 0 Å². The largest absolute Gasteiger partial charge is 0.392 e. The van der Waals surface area contributed by atoms with Crippen molar-refractivity contribution >= 4 is 0 Å². The number of aromatic amines is 1. The van der Waals surface area contributed by atoms with Crippen molar-refractivity contribution in [2.45, 2.75) is 6.61 Å². The number of pyridine rings is 1. The monoisotopic (exact) mass is 201 g/mol. The van der Waals surface area contributed by atoms with Crippen LogP contribution in [0.3, 0.4) is 0 Å². The summed E-state index contributed by atoms with van der Waals surface area (Å²) < 4.78 is 0. The van der Waals surface area contributed by atoms with E-state index in [1.807, 2.05) is 24.3 Å². The van der Waals surface area contributed by atoms with E-state index >= 15 is 0 Å². The molecule has 76 valence electrons. The summed E-state index contributed by atoms with van der Waals surface area (Å²) in [4.78, 5) is 13.5. The SMILES string of the molecule is O=c1ccc(-c2cccc(CO)c2)c[nH]1. The maximum absolute atomic E-state index is 10.9. The Bertz CT molecular complexity index is 497. The minimum atomic E-state index is -0.114. The maximum atomic E-state index is 10.9. The molecule has 1 aromatic carbocycles. The Kier molecular flexibility index (Phi) is 2.65. The molecule has 0 unspecified atom stereocenters. The van der Waals surface area contributed by atoms with E-state index in [1.165, 1.54) is 6.07 Å². The van der Waals surface area contributed by atoms with Crippen molar-refractivity contribution < 1.29 is 5.11 Å². The third-order valence-electron chi connectivity index (χ3n) is 2.23. The molecule has 0 fully saturated rings. The number of aliphatic hydroxyl groups is 1. The number of nitrogens with one attached hydrogen (secondary N) is 1. The minimum absolute atomic E-state index is 0.0250. The number of aromatic nitrogens is 1. The van der Waals surface area contributed by atoms with Gasteiger partial charge < -0.3 is 10.1 Å². The predicted molar refractivity (Wildman–Crippen MR) is 58.4 cm³/mol. The molecule has 2 rings (SSSR count). The first-order valence-electron chi connectivity index (χ1n) is 4.68. The summed E-state index contributed by atoms with van der Waals surface area (Å²) in [6.45, 7) is 0.0250. The molecule has 0 saturated carbocycles. The number of rotatable bonds is 2. The number of benzene rings is 1. The van der Waals surface area contributed by atoms with E-state index in [0.717, 1.165) is 16.7 Å². The van der Waals surface area contributed by atoms with Gasteiger partial charge in [-0.3, -0.25) is 4.79 Å². The minimum Gasteiger partial charge on any atom is -0.392 e. The second kappa shape index (κ2) is 4.11. The third kappa shape index (κ3) is 2.14. The van der Waals surface area contributed by atoms with Crippen molar-refractivity contribution in [2.75, 3.05) is 0 Å². The van der Waals surface area contributed by atoms with Gasteiger partial charge in [0.05, 0.1) is 6.61 Å². The van der Waals surface area contributed by atoms with Gasteiger partial charge in [0.15, 0.2) is 0 Å². The lowest BCUT2D eigenvalue weighted by molar-refractivity contribution is 0.282. The average Bonchev–Trinajstić information content (AvgIpc) is 2.30. The molecule has 0 atom stereocenters. The second-order valence-corrected chi connectivity index (χ2v) is 3.30. The number of hydrogen-bond acceptors (Lipinski definition) is 2. The Balaban J connectivity index is 2.44. The Morgan fingerprint density at radius 1 is 1.13 bits per heavy atom. The summed E-state index contributed by atoms with van der Waals surface area (Å²) in [5.41, 5.74) is 2.67. The summed E-state index contributed by atoms with van der Waals surface area (Å²) >= 11 is 0. The van der Waals surface area contributed by atoms with Crippen molar-refractivity contribution in [3.05, 3.63) is 58.5 Å².